The Morgan fingerprint density at radius 1 is 1.41 bits per heavy atom. The second-order valence-electron chi connectivity index (χ2n) is 7.35. The summed E-state index contributed by atoms with van der Waals surface area (Å²) < 4.78 is 1.80. The number of H-pyrrole nitrogens is 1. The molecule has 1 atom stereocenters. The van der Waals surface area contributed by atoms with Crippen LogP contribution in [0.4, 0.5) is 0 Å². The molecule has 4 N–H and O–H groups in total. The number of amides is 1. The van der Waals surface area contributed by atoms with Gasteiger partial charge >= 0.3 is 0 Å². The van der Waals surface area contributed by atoms with Gasteiger partial charge in [0.25, 0.3) is 5.91 Å². The van der Waals surface area contributed by atoms with E-state index in [1.807, 2.05) is 12.3 Å². The molecule has 29 heavy (non-hydrogen) atoms. The molecule has 1 fully saturated rings. The number of carbonyl (C=O) groups is 1. The number of nitrogens with two attached hydrogens (primary N) is 1. The van der Waals surface area contributed by atoms with Crippen molar-refractivity contribution in [1.82, 2.24) is 30.0 Å². The van der Waals surface area contributed by atoms with Crippen molar-refractivity contribution in [3.05, 3.63) is 30.5 Å². The minimum Gasteiger partial charge on any atom is -0.349 e. The lowest BCUT2D eigenvalue weighted by Gasteiger charge is -2.21. The smallest absolute Gasteiger partial charge is 0.272 e. The van der Waals surface area contributed by atoms with Gasteiger partial charge in [-0.25, -0.2) is 9.97 Å². The second kappa shape index (κ2) is 8.41. The van der Waals surface area contributed by atoms with Gasteiger partial charge in [0.2, 0.25) is 0 Å². The SMILES string of the molecule is N#CCC(C1CCCC1)n1cc(-c2ncnc3[nH]ccc23)c(C(=O)NCCN)n1. The highest BCUT2D eigenvalue weighted by Gasteiger charge is 2.30. The summed E-state index contributed by atoms with van der Waals surface area (Å²) in [6.07, 6.45) is 9.96. The predicted octanol–water partition coefficient (Wildman–Crippen LogP) is 2.15. The van der Waals surface area contributed by atoms with Gasteiger partial charge in [0.05, 0.1) is 29.8 Å². The zero-order valence-corrected chi connectivity index (χ0v) is 16.1. The minimum atomic E-state index is -0.298. The van der Waals surface area contributed by atoms with Crippen LogP contribution in [0.2, 0.25) is 0 Å². The predicted molar refractivity (Wildman–Crippen MR) is 108 cm³/mol. The van der Waals surface area contributed by atoms with Crippen LogP contribution in [0.1, 0.15) is 48.6 Å². The summed E-state index contributed by atoms with van der Waals surface area (Å²) >= 11 is 0. The van der Waals surface area contributed by atoms with E-state index in [0.29, 0.717) is 48.0 Å². The molecule has 0 saturated heterocycles. The summed E-state index contributed by atoms with van der Waals surface area (Å²) in [5, 5.41) is 17.6. The summed E-state index contributed by atoms with van der Waals surface area (Å²) in [5.41, 5.74) is 7.80. The van der Waals surface area contributed by atoms with Crippen LogP contribution < -0.4 is 11.1 Å². The Bertz CT molecular complexity index is 1040. The zero-order valence-electron chi connectivity index (χ0n) is 16.1. The highest BCUT2D eigenvalue weighted by atomic mass is 16.1. The highest BCUT2D eigenvalue weighted by Crippen LogP contribution is 2.37. The van der Waals surface area contributed by atoms with E-state index in [1.54, 1.807) is 10.9 Å². The Hall–Kier alpha value is -3.25. The lowest BCUT2D eigenvalue weighted by atomic mass is 9.96. The van der Waals surface area contributed by atoms with Crippen LogP contribution in [0.25, 0.3) is 22.3 Å². The molecule has 4 rings (SSSR count). The van der Waals surface area contributed by atoms with Gasteiger partial charge in [-0.05, 0) is 24.8 Å². The third kappa shape index (κ3) is 3.71. The summed E-state index contributed by atoms with van der Waals surface area (Å²) in [5.74, 6) is 0.0913. The molecule has 0 spiro atoms. The summed E-state index contributed by atoms with van der Waals surface area (Å²) in [4.78, 5) is 24.6. The van der Waals surface area contributed by atoms with Gasteiger partial charge in [-0.3, -0.25) is 9.48 Å². The normalized spacial score (nSPS) is 15.4. The monoisotopic (exact) mass is 392 g/mol. The topological polar surface area (TPSA) is 138 Å². The third-order valence-corrected chi connectivity index (χ3v) is 5.57. The zero-order chi connectivity index (χ0) is 20.2. The second-order valence-corrected chi connectivity index (χ2v) is 7.35. The van der Waals surface area contributed by atoms with Crippen LogP contribution in [0.3, 0.4) is 0 Å². The minimum absolute atomic E-state index is 0.0548. The number of hydrogen-bond donors (Lipinski definition) is 3. The van der Waals surface area contributed by atoms with Crippen molar-refractivity contribution in [3.8, 4) is 17.3 Å². The molecule has 3 aromatic rings. The first-order valence-corrected chi connectivity index (χ1v) is 9.95. The highest BCUT2D eigenvalue weighted by molar-refractivity contribution is 6.02. The first kappa shape index (κ1) is 19.1. The number of nitrogens with one attached hydrogen (secondary N) is 2. The van der Waals surface area contributed by atoms with E-state index in [-0.39, 0.29) is 11.9 Å². The van der Waals surface area contributed by atoms with Crippen LogP contribution in [0, 0.1) is 17.2 Å². The fourth-order valence-corrected chi connectivity index (χ4v) is 4.17. The van der Waals surface area contributed by atoms with Crippen molar-refractivity contribution < 1.29 is 4.79 Å². The maximum atomic E-state index is 12.8. The lowest BCUT2D eigenvalue weighted by Crippen LogP contribution is -2.30. The summed E-state index contributed by atoms with van der Waals surface area (Å²) in [6.45, 7) is 0.704. The van der Waals surface area contributed by atoms with E-state index in [4.69, 9.17) is 5.73 Å². The number of aromatic amines is 1. The Morgan fingerprint density at radius 2 is 2.24 bits per heavy atom. The Labute approximate surface area is 168 Å². The van der Waals surface area contributed by atoms with Gasteiger partial charge in [-0.1, -0.05) is 12.8 Å². The number of fused-ring (bicyclic) bond motifs is 1. The molecule has 1 amide bonds. The van der Waals surface area contributed by atoms with Gasteiger partial charge < -0.3 is 16.0 Å². The molecule has 1 unspecified atom stereocenters. The standard InChI is InChI=1S/C20H24N8O/c21-7-5-16(13-3-1-2-4-13)28-11-15(18(27-28)20(29)24-10-8-22)17-14-6-9-23-19(14)26-12-25-17/h6,9,11-13,16H,1-5,8,10,22H2,(H,24,29)(H,23,25,26). The van der Waals surface area contributed by atoms with Crippen molar-refractivity contribution in [2.45, 2.75) is 38.1 Å². The largest absolute Gasteiger partial charge is 0.349 e. The molecule has 0 bridgehead atoms. The van der Waals surface area contributed by atoms with Crippen molar-refractivity contribution in [1.29, 1.82) is 5.26 Å². The average molecular weight is 392 g/mol. The average Bonchev–Trinajstić information content (AvgIpc) is 3.49. The summed E-state index contributed by atoms with van der Waals surface area (Å²) in [6, 6.07) is 4.12. The molecule has 0 radical (unpaired) electrons. The molecular weight excluding hydrogens is 368 g/mol. The number of nitrogens with zero attached hydrogens (tertiary/aromatic N) is 5. The Balaban J connectivity index is 1.81. The van der Waals surface area contributed by atoms with E-state index in [0.717, 1.165) is 18.2 Å². The fourth-order valence-electron chi connectivity index (χ4n) is 4.17. The van der Waals surface area contributed by atoms with E-state index < -0.39 is 0 Å². The first-order chi connectivity index (χ1) is 14.2. The lowest BCUT2D eigenvalue weighted by molar-refractivity contribution is 0.0948. The number of nitriles is 1. The molecule has 1 aliphatic carbocycles. The Morgan fingerprint density at radius 3 is 3.00 bits per heavy atom. The van der Waals surface area contributed by atoms with Crippen LogP contribution in [-0.4, -0.2) is 43.7 Å². The van der Waals surface area contributed by atoms with E-state index in [9.17, 15) is 10.1 Å². The van der Waals surface area contributed by atoms with Gasteiger partial charge in [0.15, 0.2) is 5.69 Å². The van der Waals surface area contributed by atoms with Gasteiger partial charge in [-0.2, -0.15) is 10.4 Å². The van der Waals surface area contributed by atoms with Crippen LogP contribution in [-0.2, 0) is 0 Å². The molecule has 0 aliphatic heterocycles. The summed E-state index contributed by atoms with van der Waals surface area (Å²) in [7, 11) is 0. The van der Waals surface area contributed by atoms with Gasteiger partial charge in [0.1, 0.15) is 12.0 Å². The van der Waals surface area contributed by atoms with E-state index in [2.05, 4.69) is 31.4 Å². The fraction of sp³-hybridized carbons (Fsp3) is 0.450. The molecule has 9 heteroatoms. The maximum Gasteiger partial charge on any atom is 0.272 e. The molecule has 0 aromatic carbocycles. The van der Waals surface area contributed by atoms with Crippen LogP contribution in [0.5, 0.6) is 0 Å². The molecule has 3 aromatic heterocycles. The van der Waals surface area contributed by atoms with Gasteiger partial charge in [-0.15, -0.1) is 0 Å². The van der Waals surface area contributed by atoms with Crippen molar-refractivity contribution in [2.75, 3.05) is 13.1 Å². The number of carbonyl (C=O) groups excluding carboxylic acids is 1. The maximum absolute atomic E-state index is 12.8. The molecule has 9 nitrogen and oxygen atoms in total. The number of aromatic nitrogens is 5. The number of rotatable bonds is 7. The van der Waals surface area contributed by atoms with Crippen LogP contribution >= 0.6 is 0 Å². The first-order valence-electron chi connectivity index (χ1n) is 9.95. The molecule has 1 saturated carbocycles. The van der Waals surface area contributed by atoms with Crippen molar-refractivity contribution in [3.63, 3.8) is 0 Å². The van der Waals surface area contributed by atoms with Crippen molar-refractivity contribution in [2.24, 2.45) is 11.7 Å². The molecular formula is C20H24N8O. The molecule has 150 valence electrons. The molecule has 1 aliphatic rings. The molecule has 3 heterocycles. The third-order valence-electron chi connectivity index (χ3n) is 5.57. The quantitative estimate of drug-likeness (QED) is 0.563. The van der Waals surface area contributed by atoms with Crippen molar-refractivity contribution >= 4 is 16.9 Å². The van der Waals surface area contributed by atoms with Gasteiger partial charge in [0, 0.05) is 30.9 Å². The van der Waals surface area contributed by atoms with Crippen LogP contribution in [0.15, 0.2) is 24.8 Å². The van der Waals surface area contributed by atoms with E-state index >= 15 is 0 Å². The Kier molecular flexibility index (Phi) is 5.53. The van der Waals surface area contributed by atoms with E-state index in [1.165, 1.54) is 19.2 Å². The number of hydrogen-bond acceptors (Lipinski definition) is 6.